The molecular weight excluding hydrogens is 390 g/mol. The largest absolute Gasteiger partial charge is 0.497 e. The molecule has 3 N–H and O–H groups in total. The van der Waals surface area contributed by atoms with Crippen molar-refractivity contribution in [2.24, 2.45) is 0 Å². The number of nitrogens with zero attached hydrogens (tertiary/aromatic N) is 2. The van der Waals surface area contributed by atoms with Crippen LogP contribution in [0.25, 0.3) is 10.9 Å². The summed E-state index contributed by atoms with van der Waals surface area (Å²) in [6.07, 6.45) is 4.94. The van der Waals surface area contributed by atoms with E-state index in [0.717, 1.165) is 68.0 Å². The van der Waals surface area contributed by atoms with Crippen molar-refractivity contribution in [1.82, 2.24) is 25.4 Å². The summed E-state index contributed by atoms with van der Waals surface area (Å²) in [7, 11) is 1.70. The minimum Gasteiger partial charge on any atom is -0.497 e. The fourth-order valence-electron chi connectivity index (χ4n) is 4.53. The summed E-state index contributed by atoms with van der Waals surface area (Å²) in [6.45, 7) is 3.18. The zero-order valence-corrected chi connectivity index (χ0v) is 17.3. The molecule has 154 valence electrons. The summed E-state index contributed by atoms with van der Waals surface area (Å²) in [5, 5.41) is 11.9. The summed E-state index contributed by atoms with van der Waals surface area (Å²) in [6, 6.07) is 6.14. The number of carbonyl (C=O) groups is 1. The lowest BCUT2D eigenvalue weighted by Gasteiger charge is -2.32. The van der Waals surface area contributed by atoms with Gasteiger partial charge in [-0.1, -0.05) is 0 Å². The number of aromatic nitrogens is 3. The van der Waals surface area contributed by atoms with E-state index in [1.807, 2.05) is 11.0 Å². The second-order valence-electron chi connectivity index (χ2n) is 7.68. The lowest BCUT2D eigenvalue weighted by atomic mass is 9.89. The zero-order valence-electron chi connectivity index (χ0n) is 16.5. The van der Waals surface area contributed by atoms with Gasteiger partial charge in [-0.15, -0.1) is 12.4 Å². The number of rotatable bonds is 3. The van der Waals surface area contributed by atoms with Gasteiger partial charge in [-0.3, -0.25) is 9.89 Å². The summed E-state index contributed by atoms with van der Waals surface area (Å²) in [4.78, 5) is 18.3. The number of nitrogens with one attached hydrogen (secondary N) is 3. The molecule has 0 spiro atoms. The summed E-state index contributed by atoms with van der Waals surface area (Å²) in [5.74, 6) is 1.37. The lowest BCUT2D eigenvalue weighted by molar-refractivity contribution is 0.0706. The first-order valence-electron chi connectivity index (χ1n) is 9.95. The number of hydrogen-bond acceptors (Lipinski definition) is 4. The molecular formula is C21H26ClN5O2. The van der Waals surface area contributed by atoms with Gasteiger partial charge in [-0.05, 0) is 42.5 Å². The number of hydrogen-bond donors (Lipinski definition) is 3. The van der Waals surface area contributed by atoms with Gasteiger partial charge >= 0.3 is 0 Å². The van der Waals surface area contributed by atoms with Gasteiger partial charge in [0.25, 0.3) is 5.91 Å². The summed E-state index contributed by atoms with van der Waals surface area (Å²) >= 11 is 0. The van der Waals surface area contributed by atoms with Crippen LogP contribution in [-0.4, -0.2) is 52.7 Å². The van der Waals surface area contributed by atoms with Gasteiger partial charge in [0.05, 0.1) is 7.11 Å². The smallest absolute Gasteiger partial charge is 0.274 e. The Morgan fingerprint density at radius 3 is 2.90 bits per heavy atom. The van der Waals surface area contributed by atoms with E-state index in [1.165, 1.54) is 10.9 Å². The number of piperidine rings is 1. The highest BCUT2D eigenvalue weighted by atomic mass is 35.5. The quantitative estimate of drug-likeness (QED) is 0.613. The van der Waals surface area contributed by atoms with Crippen LogP contribution in [0.2, 0.25) is 0 Å². The van der Waals surface area contributed by atoms with Gasteiger partial charge in [0.2, 0.25) is 0 Å². The molecule has 0 aliphatic carbocycles. The van der Waals surface area contributed by atoms with E-state index in [-0.39, 0.29) is 18.3 Å². The third-order valence-electron chi connectivity index (χ3n) is 6.15. The Balaban J connectivity index is 0.00000205. The Morgan fingerprint density at radius 2 is 2.10 bits per heavy atom. The molecule has 1 aromatic carbocycles. The Bertz CT molecular complexity index is 1020. The zero-order chi connectivity index (χ0) is 19.1. The van der Waals surface area contributed by atoms with Crippen LogP contribution >= 0.6 is 12.4 Å². The average molecular weight is 416 g/mol. The highest BCUT2D eigenvalue weighted by molar-refractivity contribution is 5.94. The van der Waals surface area contributed by atoms with Gasteiger partial charge in [0.15, 0.2) is 5.69 Å². The van der Waals surface area contributed by atoms with Crippen molar-refractivity contribution < 1.29 is 9.53 Å². The highest BCUT2D eigenvalue weighted by Crippen LogP contribution is 2.35. The molecule has 2 aromatic heterocycles. The van der Waals surface area contributed by atoms with E-state index in [4.69, 9.17) is 4.74 Å². The number of carbonyl (C=O) groups excluding carboxylic acids is 1. The maximum atomic E-state index is 13.0. The topological polar surface area (TPSA) is 86.0 Å². The number of aromatic amines is 2. The van der Waals surface area contributed by atoms with Crippen molar-refractivity contribution >= 4 is 29.2 Å². The molecule has 3 aromatic rings. The van der Waals surface area contributed by atoms with E-state index in [0.29, 0.717) is 11.6 Å². The van der Waals surface area contributed by atoms with Crippen molar-refractivity contribution in [2.75, 3.05) is 26.7 Å². The number of benzene rings is 1. The Hall–Kier alpha value is -2.51. The molecule has 7 nitrogen and oxygen atoms in total. The van der Waals surface area contributed by atoms with E-state index in [9.17, 15) is 4.79 Å². The van der Waals surface area contributed by atoms with Gasteiger partial charge in [0, 0.05) is 61.0 Å². The number of H-pyrrole nitrogens is 2. The maximum absolute atomic E-state index is 13.0. The predicted octanol–water partition coefficient (Wildman–Crippen LogP) is 2.99. The molecule has 1 saturated heterocycles. The number of ether oxygens (including phenoxy) is 1. The number of amides is 1. The molecule has 0 saturated carbocycles. The number of halogens is 1. The standard InChI is InChI=1S/C21H25N5O2.ClH/c1-28-14-2-3-18-15(10-14)16(12-23-18)13-5-8-26(9-6-13)21(27)20-17-11-22-7-4-19(17)24-25-20;/h2-3,10,12-13,22-23H,4-9,11H2,1H3,(H,24,25);1H. The van der Waals surface area contributed by atoms with Crippen LogP contribution in [-0.2, 0) is 13.0 Å². The monoisotopic (exact) mass is 415 g/mol. The number of likely N-dealkylation sites (tertiary alicyclic amines) is 1. The van der Waals surface area contributed by atoms with Crippen LogP contribution in [0.4, 0.5) is 0 Å². The Morgan fingerprint density at radius 1 is 1.28 bits per heavy atom. The van der Waals surface area contributed by atoms with E-state index in [2.05, 4.69) is 38.8 Å². The molecule has 2 aliphatic rings. The third kappa shape index (κ3) is 3.49. The molecule has 29 heavy (non-hydrogen) atoms. The second kappa shape index (κ2) is 8.08. The summed E-state index contributed by atoms with van der Waals surface area (Å²) < 4.78 is 5.39. The lowest BCUT2D eigenvalue weighted by Crippen LogP contribution is -2.39. The molecule has 0 atom stereocenters. The van der Waals surface area contributed by atoms with Crippen LogP contribution in [0.15, 0.2) is 24.4 Å². The fraction of sp³-hybridized carbons (Fsp3) is 0.429. The van der Waals surface area contributed by atoms with Crippen molar-refractivity contribution in [2.45, 2.75) is 31.7 Å². The number of methoxy groups -OCH3 is 1. The van der Waals surface area contributed by atoms with Crippen LogP contribution < -0.4 is 10.1 Å². The normalized spacial score (nSPS) is 17.1. The summed E-state index contributed by atoms with van der Waals surface area (Å²) in [5.41, 5.74) is 5.19. The molecule has 8 heteroatoms. The molecule has 5 rings (SSSR count). The first-order chi connectivity index (χ1) is 13.7. The van der Waals surface area contributed by atoms with Crippen LogP contribution in [0.1, 0.15) is 46.1 Å². The Kier molecular flexibility index (Phi) is 5.52. The molecule has 4 heterocycles. The van der Waals surface area contributed by atoms with Gasteiger partial charge < -0.3 is 19.9 Å². The van der Waals surface area contributed by atoms with E-state index >= 15 is 0 Å². The van der Waals surface area contributed by atoms with Gasteiger partial charge in [-0.25, -0.2) is 0 Å². The first kappa shape index (κ1) is 19.8. The van der Waals surface area contributed by atoms with Crippen molar-refractivity contribution in [3.05, 3.63) is 46.9 Å². The second-order valence-corrected chi connectivity index (χ2v) is 7.68. The van der Waals surface area contributed by atoms with Crippen molar-refractivity contribution in [1.29, 1.82) is 0 Å². The SMILES string of the molecule is COc1ccc2[nH]cc(C3CCN(C(=O)c4n[nH]c5c4CNCC5)CC3)c2c1.Cl. The van der Waals surface area contributed by atoms with Crippen molar-refractivity contribution in [3.8, 4) is 5.75 Å². The average Bonchev–Trinajstić information content (AvgIpc) is 3.37. The van der Waals surface area contributed by atoms with Crippen LogP contribution in [0, 0.1) is 0 Å². The molecule has 1 fully saturated rings. The van der Waals surface area contributed by atoms with Gasteiger partial charge in [-0.2, -0.15) is 5.10 Å². The minimum absolute atomic E-state index is 0. The molecule has 0 bridgehead atoms. The van der Waals surface area contributed by atoms with E-state index < -0.39 is 0 Å². The Labute approximate surface area is 175 Å². The maximum Gasteiger partial charge on any atom is 0.274 e. The third-order valence-corrected chi connectivity index (χ3v) is 6.15. The van der Waals surface area contributed by atoms with Gasteiger partial charge in [0.1, 0.15) is 5.75 Å². The molecule has 0 radical (unpaired) electrons. The van der Waals surface area contributed by atoms with Crippen LogP contribution in [0.5, 0.6) is 5.75 Å². The van der Waals surface area contributed by atoms with E-state index in [1.54, 1.807) is 7.11 Å². The predicted molar refractivity (Wildman–Crippen MR) is 114 cm³/mol. The molecule has 0 unspecified atom stereocenters. The fourth-order valence-corrected chi connectivity index (χ4v) is 4.53. The molecule has 1 amide bonds. The minimum atomic E-state index is 0. The molecule has 2 aliphatic heterocycles. The number of fused-ring (bicyclic) bond motifs is 2. The van der Waals surface area contributed by atoms with Crippen molar-refractivity contribution in [3.63, 3.8) is 0 Å². The first-order valence-corrected chi connectivity index (χ1v) is 9.95. The highest BCUT2D eigenvalue weighted by Gasteiger charge is 2.30. The van der Waals surface area contributed by atoms with Crippen LogP contribution in [0.3, 0.4) is 0 Å².